The van der Waals surface area contributed by atoms with Gasteiger partial charge in [0, 0.05) is 22.6 Å². The molecule has 0 saturated carbocycles. The minimum Gasteiger partial charge on any atom is -0.458 e. The van der Waals surface area contributed by atoms with Crippen LogP contribution in [0, 0.1) is 12.7 Å². The number of aromatic nitrogens is 2. The molecule has 0 fully saturated rings. The molecule has 3 atom stereocenters. The number of hydrogen-bond donors (Lipinski definition) is 3. The van der Waals surface area contributed by atoms with Crippen LogP contribution in [0.1, 0.15) is 66.1 Å². The van der Waals surface area contributed by atoms with Gasteiger partial charge in [0.1, 0.15) is 20.3 Å². The van der Waals surface area contributed by atoms with E-state index in [1.807, 2.05) is 0 Å². The third kappa shape index (κ3) is 3.24. The summed E-state index contributed by atoms with van der Waals surface area (Å²) in [6.45, 7) is 4.36. The molecular weight excluding hydrogens is 492 g/mol. The van der Waals surface area contributed by atoms with Gasteiger partial charge in [0.2, 0.25) is 5.91 Å². The van der Waals surface area contributed by atoms with Crippen LogP contribution in [0.2, 0.25) is 0 Å². The summed E-state index contributed by atoms with van der Waals surface area (Å²) in [6.07, 6.45) is 0.895. The summed E-state index contributed by atoms with van der Waals surface area (Å²) in [5.41, 5.74) is -0.378. The summed E-state index contributed by atoms with van der Waals surface area (Å²) in [5.74, 6) is -2.01. The third-order valence-electron chi connectivity index (χ3n) is 8.14. The van der Waals surface area contributed by atoms with Crippen LogP contribution in [0.5, 0.6) is 0 Å². The highest BCUT2D eigenvalue weighted by Crippen LogP contribution is 2.46. The lowest BCUT2D eigenvalue weighted by atomic mass is 9.79. The lowest BCUT2D eigenvalue weighted by Crippen LogP contribution is -2.46. The molecule has 4 heterocycles. The van der Waals surface area contributed by atoms with Crippen molar-refractivity contribution in [3.63, 3.8) is 0 Å². The number of nitrogens with zero attached hydrogens (tertiary/aromatic N) is 2. The number of rotatable bonds is 3. The van der Waals surface area contributed by atoms with Crippen molar-refractivity contribution >= 4 is 30.6 Å². The number of pyridine rings is 2. The van der Waals surface area contributed by atoms with E-state index >= 15 is 0 Å². The van der Waals surface area contributed by atoms with Gasteiger partial charge in [0.05, 0.1) is 40.6 Å². The van der Waals surface area contributed by atoms with Crippen LogP contribution in [0.3, 0.4) is 0 Å². The van der Waals surface area contributed by atoms with Crippen molar-refractivity contribution in [1.82, 2.24) is 14.9 Å². The summed E-state index contributed by atoms with van der Waals surface area (Å²) < 4.78 is 21.6. The number of cyclic esters (lactones) is 1. The molecule has 2 aromatic heterocycles. The topological polar surface area (TPSA) is 131 Å². The molecule has 0 spiro atoms. The van der Waals surface area contributed by atoms with Gasteiger partial charge < -0.3 is 24.8 Å². The Bertz CT molecular complexity index is 1660. The monoisotopic (exact) mass is 517 g/mol. The number of esters is 1. The van der Waals surface area contributed by atoms with E-state index in [0.29, 0.717) is 51.8 Å². The molecule has 0 saturated heterocycles. The highest BCUT2D eigenvalue weighted by molar-refractivity contribution is 6.26. The average Bonchev–Trinajstić information content (AvgIpc) is 3.23. The Morgan fingerprint density at radius 3 is 2.76 bits per heavy atom. The second-order valence-electron chi connectivity index (χ2n) is 10.5. The van der Waals surface area contributed by atoms with Crippen molar-refractivity contribution in [1.29, 1.82) is 0 Å². The highest BCUT2D eigenvalue weighted by Gasteiger charge is 2.46. The van der Waals surface area contributed by atoms with E-state index in [-0.39, 0.29) is 30.7 Å². The molecule has 9 nitrogen and oxygen atoms in total. The second-order valence-corrected chi connectivity index (χ2v) is 10.5. The molecule has 3 aliphatic rings. The van der Waals surface area contributed by atoms with Gasteiger partial charge >= 0.3 is 5.97 Å². The minimum atomic E-state index is -2.11. The quantitative estimate of drug-likeness (QED) is 0.278. The van der Waals surface area contributed by atoms with Crippen LogP contribution in [0.4, 0.5) is 4.39 Å². The standard InChI is InChI=1S/C27H25BFN3O6/c1-4-27(37)15-7-19-22-13(9-32(19)23(33)14(15)10-38-25(27)35)21-17(31-24(34)26(3,28)36)6-5-12-11(2)16(29)8-18(30-22)20(12)21/h7-8,17,36-37H,4-6,9-10H2,1-3H3,(H,31,34)/t17-,26?,27-/m0/s1. The van der Waals surface area contributed by atoms with E-state index in [2.05, 4.69) is 5.32 Å². The number of hydrogen-bond acceptors (Lipinski definition) is 7. The third-order valence-corrected chi connectivity index (χ3v) is 8.14. The normalized spacial score (nSPS) is 22.8. The van der Waals surface area contributed by atoms with E-state index in [0.717, 1.165) is 5.56 Å². The molecule has 3 aromatic rings. The molecule has 11 heteroatoms. The van der Waals surface area contributed by atoms with Crippen molar-refractivity contribution in [3.05, 3.63) is 61.7 Å². The van der Waals surface area contributed by atoms with Crippen LogP contribution in [-0.2, 0) is 39.5 Å². The number of nitrogens with one attached hydrogen (secondary N) is 1. The first kappa shape index (κ1) is 24.8. The fourth-order valence-electron chi connectivity index (χ4n) is 6.00. The molecule has 1 unspecified atom stereocenters. The van der Waals surface area contributed by atoms with Crippen LogP contribution < -0.4 is 10.9 Å². The van der Waals surface area contributed by atoms with E-state index in [9.17, 15) is 29.0 Å². The summed E-state index contributed by atoms with van der Waals surface area (Å²) in [4.78, 5) is 43.5. The smallest absolute Gasteiger partial charge is 0.343 e. The van der Waals surface area contributed by atoms with Gasteiger partial charge in [-0.15, -0.1) is 0 Å². The fourth-order valence-corrected chi connectivity index (χ4v) is 6.00. The van der Waals surface area contributed by atoms with E-state index < -0.39 is 40.4 Å². The van der Waals surface area contributed by atoms with E-state index in [1.54, 1.807) is 19.9 Å². The maximum atomic E-state index is 14.9. The van der Waals surface area contributed by atoms with Gasteiger partial charge in [-0.3, -0.25) is 9.59 Å². The maximum Gasteiger partial charge on any atom is 0.343 e. The Morgan fingerprint density at radius 1 is 1.34 bits per heavy atom. The molecular formula is C27H25BFN3O6. The van der Waals surface area contributed by atoms with Crippen LogP contribution >= 0.6 is 0 Å². The number of aliphatic hydroxyl groups is 2. The first-order valence-electron chi connectivity index (χ1n) is 12.5. The second kappa shape index (κ2) is 7.97. The molecule has 1 amide bonds. The van der Waals surface area contributed by atoms with Gasteiger partial charge in [-0.2, -0.15) is 0 Å². The zero-order valence-corrected chi connectivity index (χ0v) is 21.1. The van der Waals surface area contributed by atoms with Crippen LogP contribution in [0.25, 0.3) is 22.3 Å². The van der Waals surface area contributed by atoms with Gasteiger partial charge in [-0.05, 0) is 55.9 Å². The molecule has 6 rings (SSSR count). The first-order valence-corrected chi connectivity index (χ1v) is 12.5. The van der Waals surface area contributed by atoms with Crippen molar-refractivity contribution in [2.75, 3.05) is 0 Å². The van der Waals surface area contributed by atoms with Crippen LogP contribution in [-0.4, -0.2) is 45.0 Å². The number of benzene rings is 1. The number of carbonyl (C=O) groups excluding carboxylic acids is 2. The minimum absolute atomic E-state index is 0.00591. The summed E-state index contributed by atoms with van der Waals surface area (Å²) in [6, 6.07) is 2.34. The SMILES string of the molecule is [B]C(C)(O)C(=O)N[C@H]1CCc2c(C)c(F)cc3nc4c(c1c23)Cn1c-4cc2c(c1=O)COC(=O)[C@]2(O)CC. The van der Waals surface area contributed by atoms with E-state index in [1.165, 1.54) is 17.6 Å². The van der Waals surface area contributed by atoms with Gasteiger partial charge in [0.15, 0.2) is 5.60 Å². The number of carbonyl (C=O) groups is 2. The van der Waals surface area contributed by atoms with Crippen molar-refractivity contribution in [2.24, 2.45) is 0 Å². The molecule has 1 aliphatic carbocycles. The highest BCUT2D eigenvalue weighted by atomic mass is 19.1. The molecule has 38 heavy (non-hydrogen) atoms. The van der Waals surface area contributed by atoms with E-state index in [4.69, 9.17) is 17.6 Å². The molecule has 2 radical (unpaired) electrons. The number of halogens is 1. The molecule has 0 bridgehead atoms. The number of ether oxygens (including phenoxy) is 1. The maximum absolute atomic E-state index is 14.9. The molecule has 1 aromatic carbocycles. The lowest BCUT2D eigenvalue weighted by Gasteiger charge is -2.31. The van der Waals surface area contributed by atoms with Crippen molar-refractivity contribution in [3.8, 4) is 11.4 Å². The summed E-state index contributed by atoms with van der Waals surface area (Å²) in [7, 11) is 5.63. The fraction of sp³-hybridized carbons (Fsp3) is 0.407. The number of amides is 1. The Morgan fingerprint density at radius 2 is 2.08 bits per heavy atom. The summed E-state index contributed by atoms with van der Waals surface area (Å²) >= 11 is 0. The summed E-state index contributed by atoms with van der Waals surface area (Å²) in [5, 5.41) is 24.7. The van der Waals surface area contributed by atoms with Gasteiger partial charge in [-0.1, -0.05) is 6.92 Å². The Hall–Kier alpha value is -3.57. The van der Waals surface area contributed by atoms with Gasteiger partial charge in [-0.25, -0.2) is 14.2 Å². The van der Waals surface area contributed by atoms with Crippen LogP contribution in [0.15, 0.2) is 16.9 Å². The zero-order valence-electron chi connectivity index (χ0n) is 21.1. The largest absolute Gasteiger partial charge is 0.458 e. The molecule has 2 aliphatic heterocycles. The predicted molar refractivity (Wildman–Crippen MR) is 135 cm³/mol. The molecule has 3 N–H and O–H groups in total. The zero-order chi connectivity index (χ0) is 27.3. The molecule has 194 valence electrons. The lowest BCUT2D eigenvalue weighted by molar-refractivity contribution is -0.172. The average molecular weight is 517 g/mol. The predicted octanol–water partition coefficient (Wildman–Crippen LogP) is 1.51. The number of aryl methyl sites for hydroxylation is 1. The van der Waals surface area contributed by atoms with Gasteiger partial charge in [0.25, 0.3) is 5.56 Å². The Balaban J connectivity index is 1.64. The first-order chi connectivity index (χ1) is 17.9. The Kier molecular flexibility index (Phi) is 5.19. The Labute approximate surface area is 218 Å². The van der Waals surface area contributed by atoms with Crippen molar-refractivity contribution in [2.45, 2.75) is 70.3 Å². The van der Waals surface area contributed by atoms with Crippen molar-refractivity contribution < 1.29 is 28.9 Å². The number of fused-ring (bicyclic) bond motifs is 5.